The van der Waals surface area contributed by atoms with Crippen molar-refractivity contribution >= 4 is 11.3 Å². The van der Waals surface area contributed by atoms with Crippen molar-refractivity contribution in [1.82, 2.24) is 9.97 Å². The molecule has 0 fully saturated rings. The van der Waals surface area contributed by atoms with Crippen LogP contribution in [-0.4, -0.2) is 9.97 Å². The molecule has 78 valence electrons. The second kappa shape index (κ2) is 4.08. The molecule has 0 amide bonds. The molecule has 0 spiro atoms. The van der Waals surface area contributed by atoms with Crippen LogP contribution < -0.4 is 5.73 Å². The number of hydrogen-bond acceptors (Lipinski definition) is 4. The molecular weight excluding hydrogens is 206 g/mol. The number of aryl methyl sites for hydroxylation is 1. The molecule has 0 bridgehead atoms. The SMILES string of the molecule is Cc1ncsc1-c1ccc([C@H](C)N)cn1. The Kier molecular flexibility index (Phi) is 2.79. The van der Waals surface area contributed by atoms with E-state index >= 15 is 0 Å². The van der Waals surface area contributed by atoms with Crippen LogP contribution in [0.4, 0.5) is 0 Å². The van der Waals surface area contributed by atoms with Gasteiger partial charge in [0.25, 0.3) is 0 Å². The van der Waals surface area contributed by atoms with Crippen LogP contribution in [0.3, 0.4) is 0 Å². The second-order valence-electron chi connectivity index (χ2n) is 3.53. The monoisotopic (exact) mass is 219 g/mol. The van der Waals surface area contributed by atoms with Gasteiger partial charge in [-0.1, -0.05) is 6.07 Å². The summed E-state index contributed by atoms with van der Waals surface area (Å²) in [5.74, 6) is 0. The number of thiazole rings is 1. The van der Waals surface area contributed by atoms with E-state index in [1.54, 1.807) is 11.3 Å². The van der Waals surface area contributed by atoms with E-state index in [4.69, 9.17) is 5.73 Å². The number of nitrogens with two attached hydrogens (primary N) is 1. The first-order valence-electron chi connectivity index (χ1n) is 4.80. The molecule has 1 atom stereocenters. The summed E-state index contributed by atoms with van der Waals surface area (Å²) < 4.78 is 0. The minimum absolute atomic E-state index is 0.0362. The molecule has 0 radical (unpaired) electrons. The largest absolute Gasteiger partial charge is 0.324 e. The molecule has 3 nitrogen and oxygen atoms in total. The second-order valence-corrected chi connectivity index (χ2v) is 4.39. The maximum Gasteiger partial charge on any atom is 0.0820 e. The lowest BCUT2D eigenvalue weighted by Crippen LogP contribution is -2.05. The molecule has 0 saturated carbocycles. The molecule has 0 unspecified atom stereocenters. The van der Waals surface area contributed by atoms with Crippen molar-refractivity contribution in [3.63, 3.8) is 0 Å². The molecule has 2 heterocycles. The Bertz CT molecular complexity index is 445. The van der Waals surface area contributed by atoms with Crippen LogP contribution in [0.5, 0.6) is 0 Å². The summed E-state index contributed by atoms with van der Waals surface area (Å²) in [6.07, 6.45) is 1.83. The van der Waals surface area contributed by atoms with Crippen molar-refractivity contribution in [1.29, 1.82) is 0 Å². The van der Waals surface area contributed by atoms with E-state index < -0.39 is 0 Å². The van der Waals surface area contributed by atoms with Gasteiger partial charge in [0.2, 0.25) is 0 Å². The lowest BCUT2D eigenvalue weighted by Gasteiger charge is -2.05. The lowest BCUT2D eigenvalue weighted by molar-refractivity contribution is 0.812. The van der Waals surface area contributed by atoms with E-state index in [2.05, 4.69) is 9.97 Å². The zero-order valence-electron chi connectivity index (χ0n) is 8.77. The third-order valence-corrected chi connectivity index (χ3v) is 3.24. The minimum atomic E-state index is 0.0362. The molecule has 15 heavy (non-hydrogen) atoms. The van der Waals surface area contributed by atoms with Gasteiger partial charge in [-0.25, -0.2) is 4.98 Å². The van der Waals surface area contributed by atoms with E-state index in [0.29, 0.717) is 0 Å². The summed E-state index contributed by atoms with van der Waals surface area (Å²) in [5.41, 5.74) is 10.7. The van der Waals surface area contributed by atoms with Crippen molar-refractivity contribution in [2.24, 2.45) is 5.73 Å². The van der Waals surface area contributed by atoms with Crippen molar-refractivity contribution in [2.45, 2.75) is 19.9 Å². The van der Waals surface area contributed by atoms with Crippen LogP contribution in [0.15, 0.2) is 23.8 Å². The smallest absolute Gasteiger partial charge is 0.0820 e. The van der Waals surface area contributed by atoms with Crippen LogP contribution in [0.25, 0.3) is 10.6 Å². The average Bonchev–Trinajstić information content (AvgIpc) is 2.65. The molecule has 2 N–H and O–H groups in total. The molecule has 0 saturated heterocycles. The van der Waals surface area contributed by atoms with E-state index in [-0.39, 0.29) is 6.04 Å². The molecular formula is C11H13N3S. The van der Waals surface area contributed by atoms with Gasteiger partial charge >= 0.3 is 0 Å². The quantitative estimate of drug-likeness (QED) is 0.844. The van der Waals surface area contributed by atoms with Crippen molar-refractivity contribution < 1.29 is 0 Å². The summed E-state index contributed by atoms with van der Waals surface area (Å²) >= 11 is 1.61. The number of hydrogen-bond donors (Lipinski definition) is 1. The topological polar surface area (TPSA) is 51.8 Å². The molecule has 2 rings (SSSR count). The maximum atomic E-state index is 5.76. The van der Waals surface area contributed by atoms with Crippen LogP contribution >= 0.6 is 11.3 Å². The first-order valence-corrected chi connectivity index (χ1v) is 5.68. The Morgan fingerprint density at radius 3 is 2.60 bits per heavy atom. The van der Waals surface area contributed by atoms with Gasteiger partial charge in [-0.15, -0.1) is 11.3 Å². The van der Waals surface area contributed by atoms with Crippen LogP contribution in [0, 0.1) is 6.92 Å². The van der Waals surface area contributed by atoms with E-state index in [1.807, 2.05) is 37.7 Å². The Hall–Kier alpha value is -1.26. The summed E-state index contributed by atoms with van der Waals surface area (Å²) in [4.78, 5) is 9.73. The number of nitrogens with zero attached hydrogens (tertiary/aromatic N) is 2. The van der Waals surface area contributed by atoms with Crippen LogP contribution in [0.1, 0.15) is 24.2 Å². The zero-order valence-corrected chi connectivity index (χ0v) is 9.58. The number of rotatable bonds is 2. The van der Waals surface area contributed by atoms with E-state index in [1.165, 1.54) is 0 Å². The highest BCUT2D eigenvalue weighted by molar-refractivity contribution is 7.13. The van der Waals surface area contributed by atoms with E-state index in [0.717, 1.165) is 21.8 Å². The fourth-order valence-electron chi connectivity index (χ4n) is 1.36. The van der Waals surface area contributed by atoms with Gasteiger partial charge in [-0.05, 0) is 25.5 Å². The van der Waals surface area contributed by atoms with Gasteiger partial charge in [0.15, 0.2) is 0 Å². The van der Waals surface area contributed by atoms with Gasteiger partial charge in [-0.2, -0.15) is 0 Å². The summed E-state index contributed by atoms with van der Waals surface area (Å²) in [6, 6.07) is 4.06. The Labute approximate surface area is 93.0 Å². The number of pyridine rings is 1. The first kappa shape index (κ1) is 10.3. The highest BCUT2D eigenvalue weighted by Gasteiger charge is 2.06. The van der Waals surface area contributed by atoms with Crippen LogP contribution in [0.2, 0.25) is 0 Å². The molecule has 4 heteroatoms. The Balaban J connectivity index is 2.36. The molecule has 0 aliphatic rings. The fourth-order valence-corrected chi connectivity index (χ4v) is 2.14. The highest BCUT2D eigenvalue weighted by Crippen LogP contribution is 2.25. The molecule has 0 aliphatic carbocycles. The van der Waals surface area contributed by atoms with Gasteiger partial charge < -0.3 is 5.73 Å². The summed E-state index contributed by atoms with van der Waals surface area (Å²) in [6.45, 7) is 3.95. The number of aromatic nitrogens is 2. The predicted molar refractivity (Wildman–Crippen MR) is 62.7 cm³/mol. The van der Waals surface area contributed by atoms with Crippen molar-refractivity contribution in [3.8, 4) is 10.6 Å². The highest BCUT2D eigenvalue weighted by atomic mass is 32.1. The fraction of sp³-hybridized carbons (Fsp3) is 0.273. The van der Waals surface area contributed by atoms with E-state index in [9.17, 15) is 0 Å². The van der Waals surface area contributed by atoms with Gasteiger partial charge in [0.05, 0.1) is 21.8 Å². The standard InChI is InChI=1S/C11H13N3S/c1-7(12)9-3-4-10(13-5-9)11-8(2)14-6-15-11/h3-7H,12H2,1-2H3/t7-/m0/s1. The predicted octanol–water partition coefficient (Wildman–Crippen LogP) is 2.53. The summed E-state index contributed by atoms with van der Waals surface area (Å²) in [5, 5.41) is 0. The van der Waals surface area contributed by atoms with Gasteiger partial charge in [0.1, 0.15) is 0 Å². The third kappa shape index (κ3) is 2.06. The normalized spacial score (nSPS) is 12.7. The maximum absolute atomic E-state index is 5.76. The first-order chi connectivity index (χ1) is 7.18. The third-order valence-electron chi connectivity index (χ3n) is 2.29. The summed E-state index contributed by atoms with van der Waals surface area (Å²) in [7, 11) is 0. The van der Waals surface area contributed by atoms with Crippen LogP contribution in [-0.2, 0) is 0 Å². The average molecular weight is 219 g/mol. The van der Waals surface area contributed by atoms with Gasteiger partial charge in [0, 0.05) is 12.2 Å². The van der Waals surface area contributed by atoms with Gasteiger partial charge in [-0.3, -0.25) is 4.98 Å². The Morgan fingerprint density at radius 2 is 2.13 bits per heavy atom. The minimum Gasteiger partial charge on any atom is -0.324 e. The Morgan fingerprint density at radius 1 is 1.33 bits per heavy atom. The zero-order chi connectivity index (χ0) is 10.8. The van der Waals surface area contributed by atoms with Crippen molar-refractivity contribution in [2.75, 3.05) is 0 Å². The molecule has 0 aromatic carbocycles. The van der Waals surface area contributed by atoms with Crippen molar-refractivity contribution in [3.05, 3.63) is 35.1 Å². The lowest BCUT2D eigenvalue weighted by atomic mass is 10.1. The molecule has 2 aromatic heterocycles. The molecule has 2 aromatic rings. The molecule has 0 aliphatic heterocycles.